The second-order valence-electron chi connectivity index (χ2n) is 5.02. The van der Waals surface area contributed by atoms with Crippen molar-refractivity contribution in [2.75, 3.05) is 0 Å². The molecule has 0 N–H and O–H groups in total. The van der Waals surface area contributed by atoms with E-state index >= 15 is 0 Å². The molecule has 0 aromatic heterocycles. The third-order valence-electron chi connectivity index (χ3n) is 3.46. The lowest BCUT2D eigenvalue weighted by Gasteiger charge is -2.29. The summed E-state index contributed by atoms with van der Waals surface area (Å²) in [6.07, 6.45) is 1.24. The van der Waals surface area contributed by atoms with E-state index in [0.717, 1.165) is 6.42 Å². The van der Waals surface area contributed by atoms with Gasteiger partial charge in [0.25, 0.3) is 0 Å². The number of carbonyl (C=O) groups is 2. The molecule has 0 aromatic rings. The van der Waals surface area contributed by atoms with Gasteiger partial charge in [-0.2, -0.15) is 0 Å². The molecule has 0 bridgehead atoms. The molecular weight excluding hydrogens is 152 g/mol. The zero-order chi connectivity index (χ0) is 9.15. The maximum absolute atomic E-state index is 11.7. The van der Waals surface area contributed by atoms with Crippen LogP contribution in [-0.4, -0.2) is 11.6 Å². The van der Waals surface area contributed by atoms with Gasteiger partial charge in [-0.15, -0.1) is 0 Å². The van der Waals surface area contributed by atoms with Gasteiger partial charge in [-0.1, -0.05) is 20.8 Å². The van der Waals surface area contributed by atoms with E-state index in [1.54, 1.807) is 0 Å². The van der Waals surface area contributed by atoms with Crippen molar-refractivity contribution >= 4 is 11.6 Å². The normalized spacial score (nSPS) is 44.1. The van der Waals surface area contributed by atoms with Crippen molar-refractivity contribution in [3.8, 4) is 0 Å². The summed E-state index contributed by atoms with van der Waals surface area (Å²) in [5.41, 5.74) is -0.648. The highest BCUT2D eigenvalue weighted by Gasteiger charge is 2.65. The predicted molar refractivity (Wildman–Crippen MR) is 44.6 cm³/mol. The summed E-state index contributed by atoms with van der Waals surface area (Å²) in [5.74, 6) is 0.635. The predicted octanol–water partition coefficient (Wildman–Crippen LogP) is 1.58. The molecule has 0 aliphatic heterocycles. The molecule has 0 heterocycles. The zero-order valence-electron chi connectivity index (χ0n) is 7.81. The van der Waals surface area contributed by atoms with Crippen LogP contribution in [0, 0.1) is 16.7 Å². The number of fused-ring (bicyclic) bond motifs is 1. The fraction of sp³-hybridized carbons (Fsp3) is 0.800. The average Bonchev–Trinajstić information content (AvgIpc) is 2.60. The van der Waals surface area contributed by atoms with E-state index in [0.29, 0.717) is 12.2 Å². The number of Topliss-reactive ketones (excluding diaryl/α,β-unsaturated/α-hetero) is 2. The number of carbonyl (C=O) groups excluding carboxylic acids is 2. The third-order valence-corrected chi connectivity index (χ3v) is 3.46. The first-order valence-electron chi connectivity index (χ1n) is 4.45. The number of rotatable bonds is 0. The number of hydrogen-bond donors (Lipinski definition) is 0. The Kier molecular flexibility index (Phi) is 1.20. The van der Waals surface area contributed by atoms with Crippen LogP contribution < -0.4 is 0 Å². The van der Waals surface area contributed by atoms with Gasteiger partial charge in [0.05, 0.1) is 0 Å². The van der Waals surface area contributed by atoms with Crippen LogP contribution >= 0.6 is 0 Å². The third kappa shape index (κ3) is 0.755. The largest absolute Gasteiger partial charge is 0.299 e. The molecule has 0 radical (unpaired) electrons. The maximum Gasteiger partial charge on any atom is 0.143 e. The Hall–Kier alpha value is -0.660. The van der Waals surface area contributed by atoms with Crippen LogP contribution in [0.25, 0.3) is 0 Å². The molecule has 2 rings (SSSR count). The molecular formula is C10H14O2. The molecule has 2 atom stereocenters. The standard InChI is InChI=1S/C10H14O2/c1-9(2)5-7(11)10(3)4-6(10)8(9)12/h6H,4-5H2,1-3H3. The molecule has 12 heavy (non-hydrogen) atoms. The van der Waals surface area contributed by atoms with E-state index in [1.165, 1.54) is 0 Å². The molecule has 2 heteroatoms. The fourth-order valence-electron chi connectivity index (χ4n) is 2.22. The molecule has 2 fully saturated rings. The fourth-order valence-corrected chi connectivity index (χ4v) is 2.22. The van der Waals surface area contributed by atoms with Gasteiger partial charge in [0.15, 0.2) is 0 Å². The molecule has 0 spiro atoms. The second kappa shape index (κ2) is 1.81. The van der Waals surface area contributed by atoms with Crippen molar-refractivity contribution in [2.24, 2.45) is 16.7 Å². The van der Waals surface area contributed by atoms with E-state index in [4.69, 9.17) is 0 Å². The summed E-state index contributed by atoms with van der Waals surface area (Å²) in [6, 6.07) is 0. The summed E-state index contributed by atoms with van der Waals surface area (Å²) < 4.78 is 0. The SMILES string of the molecule is CC1(C)CC(=O)C2(C)CC2C1=O. The minimum absolute atomic E-state index is 0.0498. The minimum Gasteiger partial charge on any atom is -0.299 e. The molecule has 66 valence electrons. The Balaban J connectivity index is 2.34. The molecule has 0 aromatic carbocycles. The first kappa shape index (κ1) is 7.96. The van der Waals surface area contributed by atoms with Gasteiger partial charge < -0.3 is 0 Å². The second-order valence-corrected chi connectivity index (χ2v) is 5.02. The highest BCUT2D eigenvalue weighted by Crippen LogP contribution is 2.60. The number of ketones is 2. The van der Waals surface area contributed by atoms with E-state index < -0.39 is 5.41 Å². The van der Waals surface area contributed by atoms with Crippen LogP contribution in [0.5, 0.6) is 0 Å². The van der Waals surface area contributed by atoms with Crippen molar-refractivity contribution in [2.45, 2.75) is 33.6 Å². The van der Waals surface area contributed by atoms with Crippen molar-refractivity contribution in [3.63, 3.8) is 0 Å². The Labute approximate surface area is 72.3 Å². The lowest BCUT2D eigenvalue weighted by Crippen LogP contribution is -2.38. The highest BCUT2D eigenvalue weighted by molar-refractivity contribution is 6.06. The summed E-state index contributed by atoms with van der Waals surface area (Å²) >= 11 is 0. The Morgan fingerprint density at radius 3 is 2.42 bits per heavy atom. The Morgan fingerprint density at radius 1 is 1.25 bits per heavy atom. The van der Waals surface area contributed by atoms with Crippen LogP contribution in [0.15, 0.2) is 0 Å². The van der Waals surface area contributed by atoms with E-state index in [-0.39, 0.29) is 17.1 Å². The van der Waals surface area contributed by atoms with Crippen molar-refractivity contribution in [3.05, 3.63) is 0 Å². The molecule has 2 saturated carbocycles. The van der Waals surface area contributed by atoms with Gasteiger partial charge in [0, 0.05) is 23.2 Å². The molecule has 2 aliphatic rings. The van der Waals surface area contributed by atoms with Crippen molar-refractivity contribution in [1.82, 2.24) is 0 Å². The minimum atomic E-state index is -0.391. The molecule has 2 unspecified atom stereocenters. The maximum atomic E-state index is 11.7. The smallest absolute Gasteiger partial charge is 0.143 e. The van der Waals surface area contributed by atoms with Crippen LogP contribution in [0.2, 0.25) is 0 Å². The lowest BCUT2D eigenvalue weighted by atomic mass is 9.72. The van der Waals surface area contributed by atoms with Crippen molar-refractivity contribution in [1.29, 1.82) is 0 Å². The Bertz CT molecular complexity index is 278. The Morgan fingerprint density at radius 2 is 1.83 bits per heavy atom. The van der Waals surface area contributed by atoms with Crippen LogP contribution in [-0.2, 0) is 9.59 Å². The molecule has 2 aliphatic carbocycles. The topological polar surface area (TPSA) is 34.1 Å². The van der Waals surface area contributed by atoms with Gasteiger partial charge in [-0.3, -0.25) is 9.59 Å². The van der Waals surface area contributed by atoms with Gasteiger partial charge in [-0.05, 0) is 6.42 Å². The first-order valence-corrected chi connectivity index (χ1v) is 4.45. The first-order chi connectivity index (χ1) is 5.38. The summed E-state index contributed by atoms with van der Waals surface area (Å²) in [6.45, 7) is 5.68. The van der Waals surface area contributed by atoms with Gasteiger partial charge in [0.1, 0.15) is 11.6 Å². The van der Waals surface area contributed by atoms with Crippen LogP contribution in [0.1, 0.15) is 33.6 Å². The van der Waals surface area contributed by atoms with Gasteiger partial charge in [0.2, 0.25) is 0 Å². The van der Waals surface area contributed by atoms with Gasteiger partial charge in [-0.25, -0.2) is 0 Å². The van der Waals surface area contributed by atoms with E-state index in [2.05, 4.69) is 0 Å². The molecule has 0 saturated heterocycles. The summed E-state index contributed by atoms with van der Waals surface area (Å²) in [4.78, 5) is 23.3. The van der Waals surface area contributed by atoms with Crippen LogP contribution in [0.3, 0.4) is 0 Å². The molecule has 0 amide bonds. The monoisotopic (exact) mass is 166 g/mol. The van der Waals surface area contributed by atoms with E-state index in [1.807, 2.05) is 20.8 Å². The zero-order valence-corrected chi connectivity index (χ0v) is 7.81. The van der Waals surface area contributed by atoms with Gasteiger partial charge >= 0.3 is 0 Å². The lowest BCUT2D eigenvalue weighted by molar-refractivity contribution is -0.141. The quantitative estimate of drug-likeness (QED) is 0.547. The average molecular weight is 166 g/mol. The summed E-state index contributed by atoms with van der Waals surface area (Å²) in [5, 5.41) is 0. The molecule has 2 nitrogen and oxygen atoms in total. The van der Waals surface area contributed by atoms with E-state index in [9.17, 15) is 9.59 Å². The highest BCUT2D eigenvalue weighted by atomic mass is 16.1. The number of hydrogen-bond acceptors (Lipinski definition) is 2. The van der Waals surface area contributed by atoms with Crippen molar-refractivity contribution < 1.29 is 9.59 Å². The summed E-state index contributed by atoms with van der Waals surface area (Å²) in [7, 11) is 0. The van der Waals surface area contributed by atoms with Crippen LogP contribution in [0.4, 0.5) is 0 Å².